The van der Waals surface area contributed by atoms with Gasteiger partial charge in [0.2, 0.25) is 0 Å². The first-order valence-electron chi connectivity index (χ1n) is 9.75. The van der Waals surface area contributed by atoms with E-state index in [1.54, 1.807) is 6.20 Å². The molecule has 3 rings (SSSR count). The largest absolute Gasteiger partial charge is 0.352 e. The normalized spacial score (nSPS) is 24.5. The van der Waals surface area contributed by atoms with Crippen molar-refractivity contribution in [2.75, 3.05) is 31.1 Å². The number of aromatic nitrogens is 1. The summed E-state index contributed by atoms with van der Waals surface area (Å²) in [6.07, 6.45) is 6.36. The number of amides is 2. The van der Waals surface area contributed by atoms with Gasteiger partial charge in [-0.2, -0.15) is 0 Å². The first-order chi connectivity index (χ1) is 12.3. The fourth-order valence-corrected chi connectivity index (χ4v) is 4.34. The number of hydrogen-bond donors (Lipinski definition) is 1. The standard InChI is InChI=1S/C20H31ClN4O/c1-20(2,3)15-6-8-16(9-7-15)23-19(26)25-13-11-24(12-14-25)18-17(21)5-4-10-22-18/h4-5,10,15-16H,6-9,11-14H2,1-3H3,(H,23,26). The fraction of sp³-hybridized carbons (Fsp3) is 0.700. The number of rotatable bonds is 2. The Bertz CT molecular complexity index is 614. The minimum atomic E-state index is 0.0796. The van der Waals surface area contributed by atoms with E-state index in [1.165, 1.54) is 12.8 Å². The van der Waals surface area contributed by atoms with Crippen molar-refractivity contribution < 1.29 is 4.79 Å². The second-order valence-electron chi connectivity index (χ2n) is 8.65. The molecule has 6 heteroatoms. The zero-order valence-electron chi connectivity index (χ0n) is 16.2. The summed E-state index contributed by atoms with van der Waals surface area (Å²) >= 11 is 6.23. The number of nitrogens with one attached hydrogen (secondary N) is 1. The van der Waals surface area contributed by atoms with Crippen LogP contribution in [0, 0.1) is 11.3 Å². The Kier molecular flexibility index (Phi) is 5.96. The van der Waals surface area contributed by atoms with Crippen molar-refractivity contribution in [3.63, 3.8) is 0 Å². The molecule has 2 aliphatic rings. The van der Waals surface area contributed by atoms with E-state index in [0.29, 0.717) is 29.6 Å². The Morgan fingerprint density at radius 2 is 1.81 bits per heavy atom. The van der Waals surface area contributed by atoms with E-state index in [-0.39, 0.29) is 6.03 Å². The summed E-state index contributed by atoms with van der Waals surface area (Å²) in [5.41, 5.74) is 0.373. The van der Waals surface area contributed by atoms with Gasteiger partial charge < -0.3 is 15.1 Å². The van der Waals surface area contributed by atoms with Gasteiger partial charge in [-0.15, -0.1) is 0 Å². The van der Waals surface area contributed by atoms with Crippen LogP contribution in [0.4, 0.5) is 10.6 Å². The fourth-order valence-electron chi connectivity index (χ4n) is 4.10. The second kappa shape index (κ2) is 8.03. The summed E-state index contributed by atoms with van der Waals surface area (Å²) in [7, 11) is 0. The quantitative estimate of drug-likeness (QED) is 0.840. The minimum absolute atomic E-state index is 0.0796. The van der Waals surface area contributed by atoms with Crippen molar-refractivity contribution >= 4 is 23.4 Å². The van der Waals surface area contributed by atoms with Crippen LogP contribution in [-0.4, -0.2) is 48.1 Å². The number of nitrogens with zero attached hydrogens (tertiary/aromatic N) is 3. The molecule has 2 fully saturated rings. The number of hydrogen-bond acceptors (Lipinski definition) is 3. The lowest BCUT2D eigenvalue weighted by atomic mass is 9.71. The molecule has 1 saturated carbocycles. The number of carbonyl (C=O) groups is 1. The average Bonchev–Trinajstić information content (AvgIpc) is 2.62. The van der Waals surface area contributed by atoms with Crippen molar-refractivity contribution in [1.82, 2.24) is 15.2 Å². The topological polar surface area (TPSA) is 48.5 Å². The van der Waals surface area contributed by atoms with Gasteiger partial charge >= 0.3 is 6.03 Å². The van der Waals surface area contributed by atoms with Crippen molar-refractivity contribution in [1.29, 1.82) is 0 Å². The van der Waals surface area contributed by atoms with E-state index in [2.05, 4.69) is 36.0 Å². The van der Waals surface area contributed by atoms with Crippen LogP contribution in [0.2, 0.25) is 5.02 Å². The van der Waals surface area contributed by atoms with Crippen LogP contribution in [0.5, 0.6) is 0 Å². The first-order valence-corrected chi connectivity index (χ1v) is 10.1. The molecule has 5 nitrogen and oxygen atoms in total. The van der Waals surface area contributed by atoms with Crippen molar-refractivity contribution in [2.24, 2.45) is 11.3 Å². The number of pyridine rings is 1. The van der Waals surface area contributed by atoms with Gasteiger partial charge in [-0.05, 0) is 49.1 Å². The maximum atomic E-state index is 12.6. The van der Waals surface area contributed by atoms with E-state index >= 15 is 0 Å². The first kappa shape index (κ1) is 19.3. The molecule has 2 heterocycles. The molecule has 0 radical (unpaired) electrons. The van der Waals surface area contributed by atoms with Crippen molar-refractivity contribution in [3.8, 4) is 0 Å². The minimum Gasteiger partial charge on any atom is -0.352 e. The molecule has 1 aliphatic heterocycles. The Hall–Kier alpha value is -1.49. The molecule has 0 atom stereocenters. The van der Waals surface area contributed by atoms with Gasteiger partial charge in [-0.25, -0.2) is 9.78 Å². The summed E-state index contributed by atoms with van der Waals surface area (Å²) < 4.78 is 0. The molecule has 2 amide bonds. The highest BCUT2D eigenvalue weighted by molar-refractivity contribution is 6.32. The monoisotopic (exact) mass is 378 g/mol. The van der Waals surface area contributed by atoms with Crippen LogP contribution in [0.3, 0.4) is 0 Å². The van der Waals surface area contributed by atoms with E-state index in [1.807, 2.05) is 17.0 Å². The third-order valence-corrected chi connectivity index (χ3v) is 6.18. The molecule has 0 bridgehead atoms. The molecule has 1 aromatic heterocycles. The lowest BCUT2D eigenvalue weighted by Crippen LogP contribution is -2.54. The summed E-state index contributed by atoms with van der Waals surface area (Å²) in [6.45, 7) is 9.91. The Morgan fingerprint density at radius 1 is 1.15 bits per heavy atom. The van der Waals surface area contributed by atoms with E-state index < -0.39 is 0 Å². The molecule has 1 N–H and O–H groups in total. The number of urea groups is 1. The van der Waals surface area contributed by atoms with E-state index in [0.717, 1.165) is 37.7 Å². The molecule has 0 unspecified atom stereocenters. The van der Waals surface area contributed by atoms with Crippen LogP contribution >= 0.6 is 11.6 Å². The van der Waals surface area contributed by atoms with E-state index in [9.17, 15) is 4.79 Å². The SMILES string of the molecule is CC(C)(C)C1CCC(NC(=O)N2CCN(c3ncccc3Cl)CC2)CC1. The predicted molar refractivity (Wildman–Crippen MR) is 107 cm³/mol. The second-order valence-corrected chi connectivity index (χ2v) is 9.05. The van der Waals surface area contributed by atoms with Crippen molar-refractivity contribution in [2.45, 2.75) is 52.5 Å². The third kappa shape index (κ3) is 4.61. The Labute approximate surface area is 162 Å². The molecule has 0 spiro atoms. The summed E-state index contributed by atoms with van der Waals surface area (Å²) in [6, 6.07) is 4.10. The molecule has 1 aromatic rings. The van der Waals surface area contributed by atoms with Crippen molar-refractivity contribution in [3.05, 3.63) is 23.4 Å². The predicted octanol–water partition coefficient (Wildman–Crippen LogP) is 4.17. The van der Waals surface area contributed by atoms with Crippen LogP contribution in [0.25, 0.3) is 0 Å². The molecular formula is C20H31ClN4O. The van der Waals surface area contributed by atoms with Crippen LogP contribution < -0.4 is 10.2 Å². The van der Waals surface area contributed by atoms with Gasteiger partial charge in [0.1, 0.15) is 5.82 Å². The zero-order chi connectivity index (χ0) is 18.7. The van der Waals surface area contributed by atoms with Crippen LogP contribution in [0.15, 0.2) is 18.3 Å². The van der Waals surface area contributed by atoms with E-state index in [4.69, 9.17) is 11.6 Å². The summed E-state index contributed by atoms with van der Waals surface area (Å²) in [4.78, 5) is 21.0. The van der Waals surface area contributed by atoms with Crippen LogP contribution in [0.1, 0.15) is 46.5 Å². The molecule has 0 aromatic carbocycles. The third-order valence-electron chi connectivity index (χ3n) is 5.88. The number of piperazine rings is 1. The Balaban J connectivity index is 1.45. The van der Waals surface area contributed by atoms with Crippen LogP contribution in [-0.2, 0) is 0 Å². The summed E-state index contributed by atoms with van der Waals surface area (Å²) in [5, 5.41) is 3.92. The molecule has 144 valence electrons. The number of anilines is 1. The van der Waals surface area contributed by atoms with Gasteiger partial charge in [0, 0.05) is 38.4 Å². The van der Waals surface area contributed by atoms with Gasteiger partial charge in [0.05, 0.1) is 5.02 Å². The molecule has 1 aliphatic carbocycles. The van der Waals surface area contributed by atoms with Gasteiger partial charge in [0.25, 0.3) is 0 Å². The smallest absolute Gasteiger partial charge is 0.317 e. The number of halogens is 1. The average molecular weight is 379 g/mol. The molecule has 1 saturated heterocycles. The molecular weight excluding hydrogens is 348 g/mol. The molecule has 26 heavy (non-hydrogen) atoms. The number of carbonyl (C=O) groups excluding carboxylic acids is 1. The van der Waals surface area contributed by atoms with Gasteiger partial charge in [-0.3, -0.25) is 0 Å². The highest BCUT2D eigenvalue weighted by Crippen LogP contribution is 2.37. The lowest BCUT2D eigenvalue weighted by Gasteiger charge is -2.39. The highest BCUT2D eigenvalue weighted by atomic mass is 35.5. The maximum Gasteiger partial charge on any atom is 0.317 e. The maximum absolute atomic E-state index is 12.6. The summed E-state index contributed by atoms with van der Waals surface area (Å²) in [5.74, 6) is 1.58. The zero-order valence-corrected chi connectivity index (χ0v) is 16.9. The lowest BCUT2D eigenvalue weighted by molar-refractivity contribution is 0.151. The Morgan fingerprint density at radius 3 is 2.38 bits per heavy atom. The van der Waals surface area contributed by atoms with Gasteiger partial charge in [-0.1, -0.05) is 32.4 Å². The highest BCUT2D eigenvalue weighted by Gasteiger charge is 2.31. The van der Waals surface area contributed by atoms with Gasteiger partial charge in [0.15, 0.2) is 0 Å².